The molecular formula is C8H27O3P. The highest BCUT2D eigenvalue weighted by atomic mass is 31.2. The molecule has 0 heterocycles. The van der Waals surface area contributed by atoms with E-state index in [4.69, 9.17) is 9.79 Å². The molecule has 0 aromatic rings. The lowest BCUT2D eigenvalue weighted by molar-refractivity contribution is 0.359. The van der Waals surface area contributed by atoms with Gasteiger partial charge in [0.25, 0.3) is 0 Å². The van der Waals surface area contributed by atoms with Gasteiger partial charge in [-0.25, -0.2) is 0 Å². The van der Waals surface area contributed by atoms with Crippen LogP contribution in [0.2, 0.25) is 0 Å². The van der Waals surface area contributed by atoms with Crippen molar-refractivity contribution in [1.29, 1.82) is 0 Å². The summed E-state index contributed by atoms with van der Waals surface area (Å²) in [7, 11) is -3.76. The predicted molar refractivity (Wildman–Crippen MR) is 58.7 cm³/mol. The zero-order valence-electron chi connectivity index (χ0n) is 5.03. The van der Waals surface area contributed by atoms with Gasteiger partial charge < -0.3 is 9.79 Å². The van der Waals surface area contributed by atoms with Crippen LogP contribution in [0.5, 0.6) is 0 Å². The zero-order valence-corrected chi connectivity index (χ0v) is 5.93. The molecule has 0 aliphatic rings. The van der Waals surface area contributed by atoms with Gasteiger partial charge in [0.05, 0.1) is 5.66 Å². The molecule has 82 valence electrons. The Kier molecular flexibility index (Phi) is 27.5. The second-order valence-electron chi connectivity index (χ2n) is 1.85. The fraction of sp³-hybridized carbons (Fsp3) is 1.00. The minimum atomic E-state index is -3.76. The molecule has 0 aromatic carbocycles. The summed E-state index contributed by atoms with van der Waals surface area (Å²) in [5.41, 5.74) is -0.484. The summed E-state index contributed by atoms with van der Waals surface area (Å²) in [6, 6.07) is 0. The van der Waals surface area contributed by atoms with Crippen LogP contribution in [0.15, 0.2) is 0 Å². The first-order valence-corrected chi connectivity index (χ1v) is 4.22. The first kappa shape index (κ1) is 29.5. The summed E-state index contributed by atoms with van der Waals surface area (Å²) in [5.74, 6) is 0. The molecule has 0 aliphatic carbocycles. The second kappa shape index (κ2) is 11.2. The van der Waals surface area contributed by atoms with Crippen molar-refractivity contribution in [3.8, 4) is 0 Å². The maximum atomic E-state index is 10.3. The van der Waals surface area contributed by atoms with E-state index < -0.39 is 13.3 Å². The smallest absolute Gasteiger partial charge is 0.324 e. The molecular weight excluding hydrogens is 175 g/mol. The molecule has 1 unspecified atom stereocenters. The SMILES string of the molecule is C.C.C.C.CCC(C)P(=O)(O)O. The van der Waals surface area contributed by atoms with Crippen molar-refractivity contribution in [1.82, 2.24) is 0 Å². The van der Waals surface area contributed by atoms with Gasteiger partial charge in [-0.3, -0.25) is 4.57 Å². The number of rotatable bonds is 2. The van der Waals surface area contributed by atoms with Gasteiger partial charge in [-0.1, -0.05) is 43.6 Å². The van der Waals surface area contributed by atoms with Gasteiger partial charge in [0, 0.05) is 0 Å². The molecule has 0 radical (unpaired) electrons. The fourth-order valence-corrected chi connectivity index (χ4v) is 0.714. The van der Waals surface area contributed by atoms with Gasteiger partial charge in [0.15, 0.2) is 0 Å². The molecule has 3 nitrogen and oxygen atoms in total. The van der Waals surface area contributed by atoms with Crippen LogP contribution in [0.4, 0.5) is 0 Å². The van der Waals surface area contributed by atoms with Crippen LogP contribution in [-0.4, -0.2) is 15.4 Å². The zero-order chi connectivity index (χ0) is 6.78. The predicted octanol–water partition coefficient (Wildman–Crippen LogP) is 3.51. The second-order valence-corrected chi connectivity index (χ2v) is 3.91. The van der Waals surface area contributed by atoms with Gasteiger partial charge in [0.2, 0.25) is 0 Å². The van der Waals surface area contributed by atoms with E-state index in [1.54, 1.807) is 13.8 Å². The number of hydrogen-bond acceptors (Lipinski definition) is 1. The van der Waals surface area contributed by atoms with Crippen LogP contribution in [0.1, 0.15) is 50.0 Å². The van der Waals surface area contributed by atoms with E-state index in [0.29, 0.717) is 6.42 Å². The summed E-state index contributed by atoms with van der Waals surface area (Å²) in [4.78, 5) is 16.8. The Hall–Kier alpha value is 0.150. The average molecular weight is 202 g/mol. The van der Waals surface area contributed by atoms with E-state index in [-0.39, 0.29) is 29.7 Å². The third kappa shape index (κ3) is 12.8. The van der Waals surface area contributed by atoms with Crippen LogP contribution in [0.3, 0.4) is 0 Å². The van der Waals surface area contributed by atoms with Gasteiger partial charge in [-0.05, 0) is 6.42 Å². The van der Waals surface area contributed by atoms with Crippen LogP contribution in [-0.2, 0) is 4.57 Å². The maximum Gasteiger partial charge on any atom is 0.328 e. The molecule has 4 heteroatoms. The minimum absolute atomic E-state index is 0. The molecule has 0 aromatic heterocycles. The molecule has 0 fully saturated rings. The molecule has 0 saturated carbocycles. The normalized spacial score (nSPS) is 10.7. The molecule has 0 spiro atoms. The van der Waals surface area contributed by atoms with Crippen LogP contribution >= 0.6 is 7.60 Å². The number of hydrogen-bond donors (Lipinski definition) is 2. The largest absolute Gasteiger partial charge is 0.328 e. The van der Waals surface area contributed by atoms with Crippen LogP contribution in [0.25, 0.3) is 0 Å². The Balaban J connectivity index is -0.0000000408. The average Bonchev–Trinajstić information content (AvgIpc) is 1.62. The van der Waals surface area contributed by atoms with Crippen molar-refractivity contribution in [3.05, 3.63) is 0 Å². The third-order valence-corrected chi connectivity index (χ3v) is 2.68. The summed E-state index contributed by atoms with van der Waals surface area (Å²) in [5, 5.41) is 0. The highest BCUT2D eigenvalue weighted by molar-refractivity contribution is 7.52. The van der Waals surface area contributed by atoms with E-state index in [1.807, 2.05) is 0 Å². The van der Waals surface area contributed by atoms with Crippen molar-refractivity contribution in [2.75, 3.05) is 0 Å². The summed E-state index contributed by atoms with van der Waals surface area (Å²) in [6.07, 6.45) is 0.532. The molecule has 2 N–H and O–H groups in total. The monoisotopic (exact) mass is 202 g/mol. The summed E-state index contributed by atoms with van der Waals surface area (Å²) >= 11 is 0. The molecule has 0 aliphatic heterocycles. The highest BCUT2D eigenvalue weighted by Gasteiger charge is 2.20. The highest BCUT2D eigenvalue weighted by Crippen LogP contribution is 2.42. The van der Waals surface area contributed by atoms with E-state index in [9.17, 15) is 4.57 Å². The minimum Gasteiger partial charge on any atom is -0.324 e. The Morgan fingerprint density at radius 1 is 1.17 bits per heavy atom. The Morgan fingerprint density at radius 3 is 1.42 bits per heavy atom. The van der Waals surface area contributed by atoms with Crippen molar-refractivity contribution >= 4 is 7.60 Å². The van der Waals surface area contributed by atoms with Gasteiger partial charge in [-0.2, -0.15) is 0 Å². The van der Waals surface area contributed by atoms with Crippen LogP contribution in [0, 0.1) is 0 Å². The van der Waals surface area contributed by atoms with Crippen LogP contribution < -0.4 is 0 Å². The molecule has 0 rings (SSSR count). The van der Waals surface area contributed by atoms with Crippen molar-refractivity contribution < 1.29 is 14.4 Å². The Morgan fingerprint density at radius 2 is 1.42 bits per heavy atom. The molecule has 1 atom stereocenters. The molecule has 0 saturated heterocycles. The van der Waals surface area contributed by atoms with Gasteiger partial charge >= 0.3 is 7.60 Å². The topological polar surface area (TPSA) is 57.5 Å². The lowest BCUT2D eigenvalue weighted by Crippen LogP contribution is -1.99. The van der Waals surface area contributed by atoms with E-state index in [1.165, 1.54) is 0 Å². The Labute approximate surface area is 78.4 Å². The third-order valence-electron chi connectivity index (χ3n) is 1.17. The first-order valence-electron chi connectivity index (χ1n) is 2.53. The first-order chi connectivity index (χ1) is 3.48. The van der Waals surface area contributed by atoms with Crippen molar-refractivity contribution in [2.24, 2.45) is 0 Å². The van der Waals surface area contributed by atoms with Gasteiger partial charge in [-0.15, -0.1) is 0 Å². The quantitative estimate of drug-likeness (QED) is 0.674. The molecule has 0 amide bonds. The van der Waals surface area contributed by atoms with Crippen molar-refractivity contribution in [3.63, 3.8) is 0 Å². The van der Waals surface area contributed by atoms with Crippen molar-refractivity contribution in [2.45, 2.75) is 55.6 Å². The van der Waals surface area contributed by atoms with E-state index >= 15 is 0 Å². The fourth-order valence-electron chi connectivity index (χ4n) is 0.238. The molecule has 0 bridgehead atoms. The van der Waals surface area contributed by atoms with Gasteiger partial charge in [0.1, 0.15) is 0 Å². The molecule has 12 heavy (non-hydrogen) atoms. The lowest BCUT2D eigenvalue weighted by atomic mass is 10.4. The maximum absolute atomic E-state index is 10.3. The summed E-state index contributed by atoms with van der Waals surface area (Å²) in [6.45, 7) is 3.30. The van der Waals surface area contributed by atoms with E-state index in [2.05, 4.69) is 0 Å². The lowest BCUT2D eigenvalue weighted by Gasteiger charge is -2.08. The standard InChI is InChI=1S/C4H11O3P.4CH4/c1-3-4(2)8(5,6)7;;;;/h4H,3H2,1-2H3,(H2,5,6,7);4*1H4. The Bertz CT molecular complexity index is 109. The summed E-state index contributed by atoms with van der Waals surface area (Å²) < 4.78 is 10.3. The van der Waals surface area contributed by atoms with E-state index in [0.717, 1.165) is 0 Å².